The van der Waals surface area contributed by atoms with Gasteiger partial charge in [-0.2, -0.15) is 0 Å². The zero-order chi connectivity index (χ0) is 8.32. The smallest absolute Gasteiger partial charge is 0.306 e. The third kappa shape index (κ3) is 1.91. The van der Waals surface area contributed by atoms with Crippen molar-refractivity contribution in [3.05, 3.63) is 0 Å². The molecule has 1 atom stereocenters. The van der Waals surface area contributed by atoms with Crippen molar-refractivity contribution < 1.29 is 19.4 Å². The summed E-state index contributed by atoms with van der Waals surface area (Å²) >= 11 is 0. The first-order chi connectivity index (χ1) is 5.18. The molecule has 0 spiro atoms. The lowest BCUT2D eigenvalue weighted by atomic mass is 9.99. The second-order valence-electron chi connectivity index (χ2n) is 2.76. The van der Waals surface area contributed by atoms with Gasteiger partial charge in [0.25, 0.3) is 0 Å². The van der Waals surface area contributed by atoms with Crippen molar-refractivity contribution in [2.24, 2.45) is 0 Å². The Morgan fingerprint density at radius 3 is 2.91 bits per heavy atom. The van der Waals surface area contributed by atoms with E-state index in [4.69, 9.17) is 14.6 Å². The summed E-state index contributed by atoms with van der Waals surface area (Å²) in [6.45, 7) is 0.997. The number of hydrogen-bond donors (Lipinski definition) is 1. The molecule has 1 rings (SSSR count). The van der Waals surface area contributed by atoms with Crippen LogP contribution in [0.1, 0.15) is 12.8 Å². The summed E-state index contributed by atoms with van der Waals surface area (Å²) in [6.07, 6.45) is 0.708. The van der Waals surface area contributed by atoms with Gasteiger partial charge in [-0.1, -0.05) is 0 Å². The molecule has 1 fully saturated rings. The molecule has 0 aromatic rings. The van der Waals surface area contributed by atoms with E-state index in [1.807, 2.05) is 0 Å². The number of carboxylic acids is 1. The average molecular weight is 160 g/mol. The molecule has 4 heteroatoms. The van der Waals surface area contributed by atoms with Crippen LogP contribution >= 0.6 is 0 Å². The van der Waals surface area contributed by atoms with Gasteiger partial charge < -0.3 is 14.6 Å². The van der Waals surface area contributed by atoms with Gasteiger partial charge in [-0.05, 0) is 0 Å². The van der Waals surface area contributed by atoms with E-state index >= 15 is 0 Å². The molecular weight excluding hydrogens is 148 g/mol. The summed E-state index contributed by atoms with van der Waals surface area (Å²) in [6, 6.07) is 0. The fraction of sp³-hybridized carbons (Fsp3) is 0.857. The number of methoxy groups -OCH3 is 1. The Labute approximate surface area is 65.1 Å². The minimum atomic E-state index is -0.836. The van der Waals surface area contributed by atoms with Crippen LogP contribution in [-0.4, -0.2) is 37.0 Å². The average Bonchev–Trinajstić information content (AvgIpc) is 2.36. The van der Waals surface area contributed by atoms with Gasteiger partial charge in [0.05, 0.1) is 13.0 Å². The number of aliphatic carboxylic acids is 1. The van der Waals surface area contributed by atoms with E-state index in [1.54, 1.807) is 0 Å². The first-order valence-corrected chi connectivity index (χ1v) is 3.53. The third-order valence-corrected chi connectivity index (χ3v) is 1.97. The second-order valence-corrected chi connectivity index (χ2v) is 2.76. The van der Waals surface area contributed by atoms with Crippen molar-refractivity contribution in [1.29, 1.82) is 0 Å². The number of ether oxygens (including phenoxy) is 2. The van der Waals surface area contributed by atoms with E-state index in [0.717, 1.165) is 0 Å². The maximum absolute atomic E-state index is 10.4. The highest BCUT2D eigenvalue weighted by Gasteiger charge is 2.37. The molecule has 0 saturated carbocycles. The Morgan fingerprint density at radius 1 is 1.82 bits per heavy atom. The first kappa shape index (κ1) is 8.49. The van der Waals surface area contributed by atoms with E-state index in [-0.39, 0.29) is 6.42 Å². The van der Waals surface area contributed by atoms with Gasteiger partial charge >= 0.3 is 5.97 Å². The summed E-state index contributed by atoms with van der Waals surface area (Å²) in [5.41, 5.74) is -0.564. The fourth-order valence-corrected chi connectivity index (χ4v) is 1.24. The van der Waals surface area contributed by atoms with Crippen molar-refractivity contribution in [3.8, 4) is 0 Å². The predicted octanol–water partition coefficient (Wildman–Crippen LogP) is 0.267. The Balaban J connectivity index is 2.52. The molecule has 4 nitrogen and oxygen atoms in total. The molecule has 1 aliphatic heterocycles. The van der Waals surface area contributed by atoms with Crippen molar-refractivity contribution in [2.75, 3.05) is 20.3 Å². The normalized spacial score (nSPS) is 30.6. The van der Waals surface area contributed by atoms with Crippen molar-refractivity contribution in [3.63, 3.8) is 0 Å². The molecule has 64 valence electrons. The topological polar surface area (TPSA) is 55.8 Å². The highest BCUT2D eigenvalue weighted by Crippen LogP contribution is 2.25. The molecule has 0 amide bonds. The minimum absolute atomic E-state index is 0.0312. The van der Waals surface area contributed by atoms with E-state index in [1.165, 1.54) is 7.11 Å². The zero-order valence-electron chi connectivity index (χ0n) is 6.50. The van der Waals surface area contributed by atoms with Gasteiger partial charge in [0, 0.05) is 20.1 Å². The van der Waals surface area contributed by atoms with Crippen LogP contribution in [0.4, 0.5) is 0 Å². The molecule has 0 aliphatic carbocycles. The molecule has 1 N–H and O–H groups in total. The van der Waals surface area contributed by atoms with Gasteiger partial charge in [-0.15, -0.1) is 0 Å². The molecule has 1 unspecified atom stereocenters. The van der Waals surface area contributed by atoms with Gasteiger partial charge in [0.15, 0.2) is 0 Å². The van der Waals surface area contributed by atoms with Crippen LogP contribution in [0.15, 0.2) is 0 Å². The molecule has 0 aromatic heterocycles. The van der Waals surface area contributed by atoms with Gasteiger partial charge in [-0.3, -0.25) is 4.79 Å². The predicted molar refractivity (Wildman–Crippen MR) is 37.4 cm³/mol. The van der Waals surface area contributed by atoms with Crippen molar-refractivity contribution in [1.82, 2.24) is 0 Å². The zero-order valence-corrected chi connectivity index (χ0v) is 6.50. The SMILES string of the molecule is COC1(CC(=O)O)CCOC1. The Hall–Kier alpha value is -0.610. The molecule has 11 heavy (non-hydrogen) atoms. The molecule has 1 heterocycles. The molecule has 1 saturated heterocycles. The minimum Gasteiger partial charge on any atom is -0.481 e. The largest absolute Gasteiger partial charge is 0.481 e. The van der Waals surface area contributed by atoms with Crippen LogP contribution < -0.4 is 0 Å². The summed E-state index contributed by atoms with van der Waals surface area (Å²) in [7, 11) is 1.53. The molecule has 0 bridgehead atoms. The van der Waals surface area contributed by atoms with E-state index in [9.17, 15) is 4.79 Å². The number of carbonyl (C=O) groups is 1. The Bertz CT molecular complexity index is 149. The van der Waals surface area contributed by atoms with Crippen LogP contribution in [0.2, 0.25) is 0 Å². The summed E-state index contributed by atoms with van der Waals surface area (Å²) < 4.78 is 10.2. The third-order valence-electron chi connectivity index (χ3n) is 1.97. The maximum Gasteiger partial charge on any atom is 0.306 e. The second kappa shape index (κ2) is 3.19. The molecular formula is C7H12O4. The quantitative estimate of drug-likeness (QED) is 0.643. The maximum atomic E-state index is 10.4. The number of carboxylic acid groups (broad SMARTS) is 1. The van der Waals surface area contributed by atoms with E-state index in [2.05, 4.69) is 0 Å². The standard InChI is InChI=1S/C7H12O4/c1-10-7(4-6(8)9)2-3-11-5-7/h2-5H2,1H3,(H,8,9). The van der Waals surface area contributed by atoms with Gasteiger partial charge in [0.2, 0.25) is 0 Å². The van der Waals surface area contributed by atoms with E-state index in [0.29, 0.717) is 19.6 Å². The van der Waals surface area contributed by atoms with Gasteiger partial charge in [0.1, 0.15) is 5.60 Å². The molecule has 1 aliphatic rings. The lowest BCUT2D eigenvalue weighted by molar-refractivity contribution is -0.144. The number of hydrogen-bond acceptors (Lipinski definition) is 3. The number of rotatable bonds is 3. The van der Waals surface area contributed by atoms with Crippen molar-refractivity contribution >= 4 is 5.97 Å². The monoisotopic (exact) mass is 160 g/mol. The lowest BCUT2D eigenvalue weighted by Gasteiger charge is -2.22. The molecule has 0 radical (unpaired) electrons. The Morgan fingerprint density at radius 2 is 2.55 bits per heavy atom. The first-order valence-electron chi connectivity index (χ1n) is 3.53. The van der Waals surface area contributed by atoms with Crippen LogP contribution in [0.5, 0.6) is 0 Å². The summed E-state index contributed by atoms with van der Waals surface area (Å²) in [5.74, 6) is -0.836. The van der Waals surface area contributed by atoms with Gasteiger partial charge in [-0.25, -0.2) is 0 Å². The van der Waals surface area contributed by atoms with Crippen LogP contribution in [0, 0.1) is 0 Å². The summed E-state index contributed by atoms with van der Waals surface area (Å²) in [4.78, 5) is 10.4. The van der Waals surface area contributed by atoms with Crippen molar-refractivity contribution in [2.45, 2.75) is 18.4 Å². The molecule has 0 aromatic carbocycles. The summed E-state index contributed by atoms with van der Waals surface area (Å²) in [5, 5.41) is 8.53. The van der Waals surface area contributed by atoms with E-state index < -0.39 is 11.6 Å². The fourth-order valence-electron chi connectivity index (χ4n) is 1.24. The van der Waals surface area contributed by atoms with Crippen LogP contribution in [0.3, 0.4) is 0 Å². The van der Waals surface area contributed by atoms with Crippen LogP contribution in [0.25, 0.3) is 0 Å². The van der Waals surface area contributed by atoms with Crippen LogP contribution in [-0.2, 0) is 14.3 Å². The Kier molecular flexibility index (Phi) is 2.46. The highest BCUT2D eigenvalue weighted by molar-refractivity contribution is 5.68. The highest BCUT2D eigenvalue weighted by atomic mass is 16.5. The lowest BCUT2D eigenvalue weighted by Crippen LogP contribution is -2.34.